The fraction of sp³-hybridized carbons (Fsp3) is 0.333. The first-order valence-corrected chi connectivity index (χ1v) is 13.2. The molecule has 38 heavy (non-hydrogen) atoms. The molecule has 2 aliphatic rings. The van der Waals surface area contributed by atoms with Crippen molar-refractivity contribution in [1.82, 2.24) is 19.6 Å². The van der Waals surface area contributed by atoms with Crippen LogP contribution in [-0.4, -0.2) is 43.8 Å². The zero-order valence-corrected chi connectivity index (χ0v) is 21.3. The molecule has 2 aromatic heterocycles. The van der Waals surface area contributed by atoms with Gasteiger partial charge in [-0.2, -0.15) is 10.2 Å². The number of fused-ring (bicyclic) bond motifs is 2. The first kappa shape index (κ1) is 24.5. The van der Waals surface area contributed by atoms with E-state index in [0.717, 1.165) is 22.5 Å². The zero-order valence-electron chi connectivity index (χ0n) is 21.3. The minimum Gasteiger partial charge on any atom is -0.365 e. The molecule has 0 radical (unpaired) electrons. The van der Waals surface area contributed by atoms with Gasteiger partial charge in [0.05, 0.1) is 37.2 Å². The average molecular weight is 511 g/mol. The standard InChI is InChI=1S/C30H30N4O4/c1-2-27(35)23-17-26-30(21-11-7-4-8-12-21)38-22(19-34(26)32-23)13-14-28(36)24-18-25-29(20-9-5-3-6-10-20)37-16-15-33(25)31-24/h3-12,17-18,22,29-30H,2,13-16,19H2,1H3/t22?,29-,30+/m1/s1. The Morgan fingerprint density at radius 2 is 1.45 bits per heavy atom. The molecule has 0 bridgehead atoms. The minimum atomic E-state index is -0.348. The lowest BCUT2D eigenvalue weighted by Gasteiger charge is -2.31. The molecule has 4 aromatic rings. The van der Waals surface area contributed by atoms with Crippen molar-refractivity contribution in [3.63, 3.8) is 0 Å². The Bertz CT molecular complexity index is 1440. The van der Waals surface area contributed by atoms with Crippen LogP contribution in [0.15, 0.2) is 72.8 Å². The lowest BCUT2D eigenvalue weighted by Crippen LogP contribution is -2.32. The number of ketones is 2. The Kier molecular flexibility index (Phi) is 6.74. The summed E-state index contributed by atoms with van der Waals surface area (Å²) in [6.07, 6.45) is 0.427. The second-order valence-electron chi connectivity index (χ2n) is 9.76. The molecular weight excluding hydrogens is 480 g/mol. The Hall–Kier alpha value is -3.88. The molecule has 0 amide bonds. The van der Waals surface area contributed by atoms with Crippen LogP contribution in [0.2, 0.25) is 0 Å². The third-order valence-electron chi connectivity index (χ3n) is 7.24. The SMILES string of the molecule is CCC(=O)c1cc2n(n1)CC(CCC(=O)c1cc3n(n1)CCO[C@@H]3c1ccccc1)O[C@H]2c1ccccc1. The van der Waals surface area contributed by atoms with Gasteiger partial charge in [0.15, 0.2) is 11.6 Å². The Balaban J connectivity index is 1.19. The van der Waals surface area contributed by atoms with Crippen molar-refractivity contribution >= 4 is 11.6 Å². The molecule has 0 saturated heterocycles. The van der Waals surface area contributed by atoms with Crippen LogP contribution >= 0.6 is 0 Å². The molecule has 0 fully saturated rings. The maximum atomic E-state index is 13.2. The van der Waals surface area contributed by atoms with Crippen LogP contribution in [0.5, 0.6) is 0 Å². The third kappa shape index (κ3) is 4.73. The predicted octanol–water partition coefficient (Wildman–Crippen LogP) is 4.94. The maximum Gasteiger partial charge on any atom is 0.183 e. The van der Waals surface area contributed by atoms with Gasteiger partial charge < -0.3 is 9.47 Å². The van der Waals surface area contributed by atoms with Gasteiger partial charge in [-0.1, -0.05) is 67.6 Å². The summed E-state index contributed by atoms with van der Waals surface area (Å²) in [6, 6.07) is 23.6. The molecule has 194 valence electrons. The molecule has 2 aliphatic heterocycles. The lowest BCUT2D eigenvalue weighted by atomic mass is 10.0. The number of aromatic nitrogens is 4. The molecule has 8 nitrogen and oxygen atoms in total. The van der Waals surface area contributed by atoms with E-state index in [1.165, 1.54) is 0 Å². The summed E-state index contributed by atoms with van der Waals surface area (Å²) in [4.78, 5) is 25.6. The normalized spacial score (nSPS) is 20.5. The summed E-state index contributed by atoms with van der Waals surface area (Å²) in [5.41, 5.74) is 4.72. The first-order valence-electron chi connectivity index (χ1n) is 13.2. The van der Waals surface area contributed by atoms with Crippen molar-refractivity contribution in [2.24, 2.45) is 0 Å². The van der Waals surface area contributed by atoms with E-state index < -0.39 is 0 Å². The van der Waals surface area contributed by atoms with Gasteiger partial charge in [0.2, 0.25) is 0 Å². The molecule has 3 atom stereocenters. The van der Waals surface area contributed by atoms with Crippen molar-refractivity contribution in [3.05, 3.63) is 107 Å². The highest BCUT2D eigenvalue weighted by atomic mass is 16.5. The minimum absolute atomic E-state index is 0.00646. The number of ether oxygens (including phenoxy) is 2. The first-order chi connectivity index (χ1) is 18.6. The van der Waals surface area contributed by atoms with E-state index in [1.807, 2.05) is 89.1 Å². The van der Waals surface area contributed by atoms with Gasteiger partial charge >= 0.3 is 0 Å². The molecule has 4 heterocycles. The highest BCUT2D eigenvalue weighted by molar-refractivity contribution is 5.94. The van der Waals surface area contributed by atoms with E-state index in [4.69, 9.17) is 9.47 Å². The molecule has 0 aliphatic carbocycles. The number of Topliss-reactive ketones (excluding diaryl/α,β-unsaturated/α-hetero) is 2. The van der Waals surface area contributed by atoms with Crippen LogP contribution in [0, 0.1) is 0 Å². The van der Waals surface area contributed by atoms with Crippen LogP contribution in [0.3, 0.4) is 0 Å². The van der Waals surface area contributed by atoms with Crippen molar-refractivity contribution in [2.75, 3.05) is 6.61 Å². The number of carbonyl (C=O) groups excluding carboxylic acids is 2. The quantitative estimate of drug-likeness (QED) is 0.312. The number of nitrogens with zero attached hydrogens (tertiary/aromatic N) is 4. The molecule has 6 rings (SSSR count). The van der Waals surface area contributed by atoms with Gasteiger partial charge in [-0.25, -0.2) is 0 Å². The van der Waals surface area contributed by atoms with Gasteiger partial charge in [0, 0.05) is 12.8 Å². The molecule has 2 aromatic carbocycles. The monoisotopic (exact) mass is 510 g/mol. The predicted molar refractivity (Wildman–Crippen MR) is 140 cm³/mol. The molecule has 0 spiro atoms. The van der Waals surface area contributed by atoms with Crippen LogP contribution in [0.25, 0.3) is 0 Å². The van der Waals surface area contributed by atoms with Crippen LogP contribution in [0.1, 0.15) is 81.9 Å². The lowest BCUT2D eigenvalue weighted by molar-refractivity contribution is -0.0341. The van der Waals surface area contributed by atoms with Crippen LogP contribution < -0.4 is 0 Å². The third-order valence-corrected chi connectivity index (χ3v) is 7.24. The highest BCUT2D eigenvalue weighted by Crippen LogP contribution is 2.34. The summed E-state index contributed by atoms with van der Waals surface area (Å²) in [5, 5.41) is 9.20. The van der Waals surface area contributed by atoms with Crippen LogP contribution in [0.4, 0.5) is 0 Å². The number of carbonyl (C=O) groups is 2. The fourth-order valence-corrected chi connectivity index (χ4v) is 5.26. The summed E-state index contributed by atoms with van der Waals surface area (Å²) in [5.74, 6) is -0.0151. The van der Waals surface area contributed by atoms with Crippen molar-refractivity contribution < 1.29 is 19.1 Å². The maximum absolute atomic E-state index is 13.2. The van der Waals surface area contributed by atoms with Crippen molar-refractivity contribution in [2.45, 2.75) is 57.6 Å². The Morgan fingerprint density at radius 1 is 0.842 bits per heavy atom. The van der Waals surface area contributed by atoms with Gasteiger partial charge in [-0.15, -0.1) is 0 Å². The highest BCUT2D eigenvalue weighted by Gasteiger charge is 2.32. The summed E-state index contributed by atoms with van der Waals surface area (Å²) in [6.45, 7) is 3.50. The average Bonchev–Trinajstić information content (AvgIpc) is 3.61. The number of hydrogen-bond donors (Lipinski definition) is 0. The van der Waals surface area contributed by atoms with Gasteiger partial charge in [-0.05, 0) is 29.7 Å². The number of benzene rings is 2. The number of hydrogen-bond acceptors (Lipinski definition) is 6. The number of rotatable bonds is 8. The smallest absolute Gasteiger partial charge is 0.183 e. The molecule has 8 heteroatoms. The van der Waals surface area contributed by atoms with E-state index in [-0.39, 0.29) is 29.9 Å². The van der Waals surface area contributed by atoms with Gasteiger partial charge in [0.25, 0.3) is 0 Å². The largest absolute Gasteiger partial charge is 0.365 e. The van der Waals surface area contributed by atoms with E-state index in [1.54, 1.807) is 0 Å². The Labute approximate surface area is 221 Å². The van der Waals surface area contributed by atoms with Crippen LogP contribution in [-0.2, 0) is 22.6 Å². The molecule has 0 N–H and O–H groups in total. The van der Waals surface area contributed by atoms with E-state index in [2.05, 4.69) is 10.2 Å². The summed E-state index contributed by atoms with van der Waals surface area (Å²) < 4.78 is 16.3. The second kappa shape index (κ2) is 10.5. The van der Waals surface area contributed by atoms with Crippen molar-refractivity contribution in [1.29, 1.82) is 0 Å². The fourth-order valence-electron chi connectivity index (χ4n) is 5.26. The molecule has 0 saturated carbocycles. The molecular formula is C30H30N4O4. The van der Waals surface area contributed by atoms with E-state index in [9.17, 15) is 9.59 Å². The second-order valence-corrected chi connectivity index (χ2v) is 9.76. The van der Waals surface area contributed by atoms with E-state index in [0.29, 0.717) is 50.3 Å². The Morgan fingerprint density at radius 3 is 2.13 bits per heavy atom. The topological polar surface area (TPSA) is 88.2 Å². The molecule has 1 unspecified atom stereocenters. The summed E-state index contributed by atoms with van der Waals surface area (Å²) >= 11 is 0. The zero-order chi connectivity index (χ0) is 26.1. The van der Waals surface area contributed by atoms with E-state index >= 15 is 0 Å². The van der Waals surface area contributed by atoms with Crippen molar-refractivity contribution in [3.8, 4) is 0 Å². The van der Waals surface area contributed by atoms with Gasteiger partial charge in [-0.3, -0.25) is 19.0 Å². The van der Waals surface area contributed by atoms with Gasteiger partial charge in [0.1, 0.15) is 23.6 Å². The summed E-state index contributed by atoms with van der Waals surface area (Å²) in [7, 11) is 0.